The third-order valence-electron chi connectivity index (χ3n) is 4.74. The van der Waals surface area contributed by atoms with Crippen molar-refractivity contribution >= 4 is 5.91 Å². The number of amides is 1. The molecule has 25 heavy (non-hydrogen) atoms. The van der Waals surface area contributed by atoms with Crippen molar-refractivity contribution in [3.63, 3.8) is 0 Å². The van der Waals surface area contributed by atoms with Crippen LogP contribution in [0.4, 0.5) is 0 Å². The van der Waals surface area contributed by atoms with Crippen LogP contribution < -0.4 is 0 Å². The summed E-state index contributed by atoms with van der Waals surface area (Å²) >= 11 is 0. The molecule has 0 saturated carbocycles. The van der Waals surface area contributed by atoms with Gasteiger partial charge in [0.15, 0.2) is 5.76 Å². The van der Waals surface area contributed by atoms with E-state index in [0.717, 1.165) is 6.42 Å². The number of likely N-dealkylation sites (tertiary alicyclic amines) is 1. The summed E-state index contributed by atoms with van der Waals surface area (Å²) in [7, 11) is 0. The number of carbonyl (C=O) groups excluding carboxylic acids is 1. The molecule has 2 aromatic heterocycles. The van der Waals surface area contributed by atoms with E-state index in [1.165, 1.54) is 11.8 Å². The van der Waals surface area contributed by atoms with E-state index < -0.39 is 0 Å². The Morgan fingerprint density at radius 3 is 2.68 bits per heavy atom. The number of nitrogens with zero attached hydrogens (tertiary/aromatic N) is 3. The first-order valence-electron chi connectivity index (χ1n) is 8.29. The summed E-state index contributed by atoms with van der Waals surface area (Å²) in [6.45, 7) is 4.77. The number of benzene rings is 1. The lowest BCUT2D eigenvalue weighted by atomic mass is 9.91. The highest BCUT2D eigenvalue weighted by Gasteiger charge is 2.43. The number of aromatic nitrogens is 2. The monoisotopic (exact) mass is 337 g/mol. The molecule has 128 valence electrons. The molecule has 1 fully saturated rings. The van der Waals surface area contributed by atoms with Gasteiger partial charge in [0, 0.05) is 18.0 Å². The maximum Gasteiger partial charge on any atom is 0.311 e. The van der Waals surface area contributed by atoms with Gasteiger partial charge in [0.05, 0.1) is 6.26 Å². The van der Waals surface area contributed by atoms with E-state index in [1.807, 2.05) is 23.1 Å². The molecule has 0 aliphatic carbocycles. The number of hydrogen-bond acceptors (Lipinski definition) is 5. The van der Waals surface area contributed by atoms with Crippen LogP contribution in [0.2, 0.25) is 0 Å². The smallest absolute Gasteiger partial charge is 0.311 e. The molecule has 0 radical (unpaired) electrons. The molecule has 1 unspecified atom stereocenters. The van der Waals surface area contributed by atoms with Crippen LogP contribution in [0.25, 0.3) is 11.7 Å². The quantitative estimate of drug-likeness (QED) is 0.728. The molecular formula is C19H19N3O3. The van der Waals surface area contributed by atoms with Gasteiger partial charge in [-0.15, -0.1) is 10.2 Å². The second kappa shape index (κ2) is 5.88. The van der Waals surface area contributed by atoms with Gasteiger partial charge in [0.25, 0.3) is 5.89 Å². The van der Waals surface area contributed by atoms with Gasteiger partial charge in [-0.05, 0) is 38.0 Å². The second-order valence-corrected chi connectivity index (χ2v) is 6.93. The largest absolute Gasteiger partial charge is 0.459 e. The summed E-state index contributed by atoms with van der Waals surface area (Å²) in [5.41, 5.74) is 0.962. The molecule has 1 aliphatic rings. The molecule has 3 heterocycles. The number of rotatable bonds is 3. The minimum atomic E-state index is -0.281. The van der Waals surface area contributed by atoms with Gasteiger partial charge in [-0.3, -0.25) is 4.79 Å². The van der Waals surface area contributed by atoms with Crippen molar-refractivity contribution in [2.45, 2.75) is 31.7 Å². The van der Waals surface area contributed by atoms with Crippen molar-refractivity contribution in [3.8, 4) is 11.7 Å². The van der Waals surface area contributed by atoms with Crippen molar-refractivity contribution in [2.24, 2.45) is 0 Å². The number of hydrogen-bond donors (Lipinski definition) is 0. The highest BCUT2D eigenvalue weighted by molar-refractivity contribution is 5.90. The highest BCUT2D eigenvalue weighted by Crippen LogP contribution is 2.39. The third-order valence-corrected chi connectivity index (χ3v) is 4.74. The molecule has 6 heteroatoms. The molecule has 6 nitrogen and oxygen atoms in total. The van der Waals surface area contributed by atoms with Crippen LogP contribution in [0.15, 0.2) is 57.6 Å². The zero-order valence-electron chi connectivity index (χ0n) is 14.2. The second-order valence-electron chi connectivity index (χ2n) is 6.93. The summed E-state index contributed by atoms with van der Waals surface area (Å²) in [5, 5.41) is 7.83. The van der Waals surface area contributed by atoms with E-state index in [2.05, 4.69) is 36.2 Å². The fourth-order valence-electron chi connectivity index (χ4n) is 3.48. The predicted octanol–water partition coefficient (Wildman–Crippen LogP) is 3.74. The van der Waals surface area contributed by atoms with Gasteiger partial charge in [-0.25, -0.2) is 0 Å². The SMILES string of the molecule is CC1(C)CC(c2ccccc2)CN1C(=O)c1nnc(-c2ccco2)o1. The van der Waals surface area contributed by atoms with E-state index in [9.17, 15) is 4.79 Å². The summed E-state index contributed by atoms with van der Waals surface area (Å²) in [4.78, 5) is 14.7. The van der Waals surface area contributed by atoms with Crippen molar-refractivity contribution < 1.29 is 13.6 Å². The lowest BCUT2D eigenvalue weighted by molar-refractivity contribution is 0.0610. The minimum absolute atomic E-state index is 0.00631. The average Bonchev–Trinajstić information content (AvgIpc) is 3.34. The van der Waals surface area contributed by atoms with Crippen molar-refractivity contribution in [3.05, 3.63) is 60.2 Å². The van der Waals surface area contributed by atoms with E-state index >= 15 is 0 Å². The first-order valence-corrected chi connectivity index (χ1v) is 8.29. The summed E-state index contributed by atoms with van der Waals surface area (Å²) in [6, 6.07) is 13.7. The lowest BCUT2D eigenvalue weighted by Crippen LogP contribution is -2.42. The van der Waals surface area contributed by atoms with Crippen LogP contribution in [-0.2, 0) is 0 Å². The fraction of sp³-hybridized carbons (Fsp3) is 0.316. The molecule has 1 aliphatic heterocycles. The molecule has 0 bridgehead atoms. The van der Waals surface area contributed by atoms with Gasteiger partial charge in [-0.1, -0.05) is 30.3 Å². The van der Waals surface area contributed by atoms with Crippen LogP contribution in [0.1, 0.15) is 42.4 Å². The zero-order chi connectivity index (χ0) is 17.4. The Morgan fingerprint density at radius 2 is 1.96 bits per heavy atom. The van der Waals surface area contributed by atoms with E-state index in [-0.39, 0.29) is 23.2 Å². The Balaban J connectivity index is 1.57. The van der Waals surface area contributed by atoms with Gasteiger partial charge in [0.2, 0.25) is 0 Å². The minimum Gasteiger partial charge on any atom is -0.459 e. The van der Waals surface area contributed by atoms with Gasteiger partial charge >= 0.3 is 11.8 Å². The van der Waals surface area contributed by atoms with Gasteiger partial charge in [0.1, 0.15) is 0 Å². The summed E-state index contributed by atoms with van der Waals surface area (Å²) < 4.78 is 10.8. The molecule has 3 aromatic rings. The fourth-order valence-corrected chi connectivity index (χ4v) is 3.48. The van der Waals surface area contributed by atoms with Crippen LogP contribution in [0.3, 0.4) is 0 Å². The van der Waals surface area contributed by atoms with E-state index in [1.54, 1.807) is 12.1 Å². The molecule has 1 saturated heterocycles. The third kappa shape index (κ3) is 2.84. The molecule has 4 rings (SSSR count). The Kier molecular flexibility index (Phi) is 3.67. The first-order chi connectivity index (χ1) is 12.0. The van der Waals surface area contributed by atoms with Crippen molar-refractivity contribution in [1.29, 1.82) is 0 Å². The van der Waals surface area contributed by atoms with E-state index in [0.29, 0.717) is 18.2 Å². The lowest BCUT2D eigenvalue weighted by Gasteiger charge is -2.30. The molecule has 1 aromatic carbocycles. The maximum atomic E-state index is 12.9. The predicted molar refractivity (Wildman–Crippen MR) is 90.9 cm³/mol. The Morgan fingerprint density at radius 1 is 1.16 bits per heavy atom. The first kappa shape index (κ1) is 15.6. The zero-order valence-corrected chi connectivity index (χ0v) is 14.2. The number of furan rings is 1. The highest BCUT2D eigenvalue weighted by atomic mass is 16.4. The van der Waals surface area contributed by atoms with Crippen LogP contribution in [0.5, 0.6) is 0 Å². The molecular weight excluding hydrogens is 318 g/mol. The molecule has 1 atom stereocenters. The summed E-state index contributed by atoms with van der Waals surface area (Å²) in [6.07, 6.45) is 2.41. The molecule has 0 N–H and O–H groups in total. The Hall–Kier alpha value is -2.89. The van der Waals surface area contributed by atoms with Gasteiger partial charge < -0.3 is 13.7 Å². The molecule has 0 spiro atoms. The molecule has 1 amide bonds. The topological polar surface area (TPSA) is 72.4 Å². The average molecular weight is 337 g/mol. The van der Waals surface area contributed by atoms with Crippen molar-refractivity contribution in [1.82, 2.24) is 15.1 Å². The normalized spacial score (nSPS) is 19.3. The van der Waals surface area contributed by atoms with Gasteiger partial charge in [-0.2, -0.15) is 0 Å². The van der Waals surface area contributed by atoms with Crippen LogP contribution in [0, 0.1) is 0 Å². The number of carbonyl (C=O) groups is 1. The Bertz CT molecular complexity index is 868. The van der Waals surface area contributed by atoms with Crippen LogP contribution in [-0.4, -0.2) is 33.1 Å². The van der Waals surface area contributed by atoms with Crippen molar-refractivity contribution in [2.75, 3.05) is 6.54 Å². The maximum absolute atomic E-state index is 12.9. The summed E-state index contributed by atoms with van der Waals surface area (Å²) in [5.74, 6) is 0.717. The van der Waals surface area contributed by atoms with Crippen LogP contribution >= 0.6 is 0 Å². The Labute approximate surface area is 145 Å². The standard InChI is InChI=1S/C19H19N3O3/c1-19(2)11-14(13-7-4-3-5-8-13)12-22(19)18(23)17-21-20-16(25-17)15-9-6-10-24-15/h3-10,14H,11-12H2,1-2H3. The van der Waals surface area contributed by atoms with E-state index in [4.69, 9.17) is 8.83 Å².